The van der Waals surface area contributed by atoms with Gasteiger partial charge in [-0.1, -0.05) is 6.42 Å². The lowest BCUT2D eigenvalue weighted by Gasteiger charge is -2.32. The van der Waals surface area contributed by atoms with Crippen LogP contribution < -0.4 is 5.32 Å². The van der Waals surface area contributed by atoms with Gasteiger partial charge in [-0.25, -0.2) is 8.42 Å². The van der Waals surface area contributed by atoms with E-state index in [-0.39, 0.29) is 10.9 Å². The Balaban J connectivity index is 2.06. The quantitative estimate of drug-likeness (QED) is 0.817. The Morgan fingerprint density at radius 3 is 2.53 bits per heavy atom. The predicted molar refractivity (Wildman–Crippen MR) is 67.6 cm³/mol. The second kappa shape index (κ2) is 4.21. The van der Waals surface area contributed by atoms with Crippen LogP contribution in [0.25, 0.3) is 0 Å². The van der Waals surface area contributed by atoms with Crippen molar-refractivity contribution in [2.24, 2.45) is 0 Å². The fraction of sp³-hybridized carbons (Fsp3) is 1.00. The van der Waals surface area contributed by atoms with Crippen LogP contribution >= 0.6 is 0 Å². The minimum absolute atomic E-state index is 0.201. The zero-order chi connectivity index (χ0) is 12.7. The lowest BCUT2D eigenvalue weighted by Crippen LogP contribution is -2.44. The van der Waals surface area contributed by atoms with Crippen molar-refractivity contribution >= 4 is 9.84 Å². The van der Waals surface area contributed by atoms with Crippen LogP contribution in [0.15, 0.2) is 0 Å². The van der Waals surface area contributed by atoms with E-state index in [1.165, 1.54) is 0 Å². The Morgan fingerprint density at radius 1 is 1.29 bits per heavy atom. The lowest BCUT2D eigenvalue weighted by molar-refractivity contribution is -0.0840. The molecule has 2 fully saturated rings. The third-order valence-corrected chi connectivity index (χ3v) is 6.00. The molecule has 100 valence electrons. The SMILES string of the molecule is CC1(C)CNC(C)(CC2CCCCS2(=O)=O)O1. The van der Waals surface area contributed by atoms with Crippen molar-refractivity contribution in [3.05, 3.63) is 0 Å². The molecule has 2 aliphatic heterocycles. The molecule has 0 aromatic carbocycles. The summed E-state index contributed by atoms with van der Waals surface area (Å²) in [7, 11) is -2.91. The average Bonchev–Trinajstić information content (AvgIpc) is 2.45. The van der Waals surface area contributed by atoms with Gasteiger partial charge in [-0.3, -0.25) is 5.32 Å². The van der Waals surface area contributed by atoms with Crippen molar-refractivity contribution in [1.29, 1.82) is 0 Å². The van der Waals surface area contributed by atoms with Crippen molar-refractivity contribution in [3.63, 3.8) is 0 Å². The fourth-order valence-electron chi connectivity index (χ4n) is 2.88. The van der Waals surface area contributed by atoms with Gasteiger partial charge in [0, 0.05) is 13.0 Å². The summed E-state index contributed by atoms with van der Waals surface area (Å²) in [6, 6.07) is 0. The summed E-state index contributed by atoms with van der Waals surface area (Å²) in [6.07, 6.45) is 3.18. The number of hydrogen-bond donors (Lipinski definition) is 1. The number of nitrogens with one attached hydrogen (secondary N) is 1. The Kier molecular flexibility index (Phi) is 3.30. The maximum absolute atomic E-state index is 12.0. The molecule has 2 atom stereocenters. The normalized spacial score (nSPS) is 40.3. The molecule has 0 saturated carbocycles. The average molecular weight is 261 g/mol. The molecular weight excluding hydrogens is 238 g/mol. The zero-order valence-corrected chi connectivity index (χ0v) is 11.8. The number of hydrogen-bond acceptors (Lipinski definition) is 4. The lowest BCUT2D eigenvalue weighted by atomic mass is 10.0. The summed E-state index contributed by atoms with van der Waals surface area (Å²) in [5, 5.41) is 3.09. The van der Waals surface area contributed by atoms with Crippen molar-refractivity contribution < 1.29 is 13.2 Å². The molecule has 0 radical (unpaired) electrons. The summed E-state index contributed by atoms with van der Waals surface area (Å²) in [5.74, 6) is 0.344. The highest BCUT2D eigenvalue weighted by Gasteiger charge is 2.44. The van der Waals surface area contributed by atoms with E-state index in [1.54, 1.807) is 0 Å². The van der Waals surface area contributed by atoms with Gasteiger partial charge < -0.3 is 4.74 Å². The van der Waals surface area contributed by atoms with E-state index < -0.39 is 15.6 Å². The van der Waals surface area contributed by atoms with Gasteiger partial charge in [0.2, 0.25) is 0 Å². The molecule has 17 heavy (non-hydrogen) atoms. The summed E-state index contributed by atoms with van der Waals surface area (Å²) in [5.41, 5.74) is -0.689. The first-order chi connectivity index (χ1) is 7.73. The Morgan fingerprint density at radius 2 is 2.00 bits per heavy atom. The van der Waals surface area contributed by atoms with E-state index in [0.717, 1.165) is 25.8 Å². The van der Waals surface area contributed by atoms with Gasteiger partial charge in [0.1, 0.15) is 5.72 Å². The van der Waals surface area contributed by atoms with Crippen molar-refractivity contribution in [2.75, 3.05) is 12.3 Å². The van der Waals surface area contributed by atoms with Crippen LogP contribution in [-0.4, -0.2) is 37.3 Å². The first kappa shape index (κ1) is 13.3. The highest BCUT2D eigenvalue weighted by molar-refractivity contribution is 7.92. The van der Waals surface area contributed by atoms with E-state index >= 15 is 0 Å². The second-order valence-corrected chi connectivity index (χ2v) is 8.54. The van der Waals surface area contributed by atoms with Crippen LogP contribution in [0, 0.1) is 0 Å². The number of sulfone groups is 1. The van der Waals surface area contributed by atoms with Gasteiger partial charge in [0.05, 0.1) is 16.6 Å². The van der Waals surface area contributed by atoms with Crippen molar-refractivity contribution in [3.8, 4) is 0 Å². The van der Waals surface area contributed by atoms with E-state index in [2.05, 4.69) is 5.32 Å². The van der Waals surface area contributed by atoms with Gasteiger partial charge in [-0.2, -0.15) is 0 Å². The van der Waals surface area contributed by atoms with E-state index in [1.807, 2.05) is 20.8 Å². The smallest absolute Gasteiger partial charge is 0.153 e. The third kappa shape index (κ3) is 3.01. The molecular formula is C12H23NO3S. The minimum atomic E-state index is -2.91. The fourth-order valence-corrected chi connectivity index (χ4v) is 4.92. The van der Waals surface area contributed by atoms with E-state index in [4.69, 9.17) is 4.74 Å². The molecule has 2 saturated heterocycles. The molecule has 0 aliphatic carbocycles. The minimum Gasteiger partial charge on any atom is -0.354 e. The van der Waals surface area contributed by atoms with Gasteiger partial charge in [-0.05, 0) is 33.6 Å². The van der Waals surface area contributed by atoms with Crippen LogP contribution in [-0.2, 0) is 14.6 Å². The van der Waals surface area contributed by atoms with Crippen molar-refractivity contribution in [2.45, 2.75) is 63.0 Å². The molecule has 2 unspecified atom stereocenters. The van der Waals surface area contributed by atoms with Crippen LogP contribution in [0.3, 0.4) is 0 Å². The Bertz CT molecular complexity index is 391. The third-order valence-electron chi connectivity index (χ3n) is 3.72. The number of ether oxygens (including phenoxy) is 1. The highest BCUT2D eigenvalue weighted by atomic mass is 32.2. The maximum atomic E-state index is 12.0. The molecule has 0 aromatic rings. The van der Waals surface area contributed by atoms with Gasteiger partial charge >= 0.3 is 0 Å². The predicted octanol–water partition coefficient (Wildman–Crippen LogP) is 1.46. The van der Waals surface area contributed by atoms with Crippen LogP contribution in [0.4, 0.5) is 0 Å². The Hall–Kier alpha value is -0.130. The molecule has 2 aliphatic rings. The summed E-state index contributed by atoms with van der Waals surface area (Å²) < 4.78 is 29.9. The molecule has 2 heterocycles. The molecule has 1 N–H and O–H groups in total. The summed E-state index contributed by atoms with van der Waals surface area (Å²) >= 11 is 0. The Labute approximate surface area is 104 Å². The topological polar surface area (TPSA) is 55.4 Å². The van der Waals surface area contributed by atoms with Crippen LogP contribution in [0.5, 0.6) is 0 Å². The molecule has 0 amide bonds. The van der Waals surface area contributed by atoms with E-state index in [0.29, 0.717) is 12.2 Å². The molecule has 0 spiro atoms. The van der Waals surface area contributed by atoms with E-state index in [9.17, 15) is 8.42 Å². The maximum Gasteiger partial charge on any atom is 0.153 e. The largest absolute Gasteiger partial charge is 0.354 e. The zero-order valence-electron chi connectivity index (χ0n) is 11.0. The molecule has 4 nitrogen and oxygen atoms in total. The summed E-state index contributed by atoms with van der Waals surface area (Å²) in [4.78, 5) is 0. The van der Waals surface area contributed by atoms with Crippen LogP contribution in [0.2, 0.25) is 0 Å². The van der Waals surface area contributed by atoms with Crippen LogP contribution in [0.1, 0.15) is 46.5 Å². The highest BCUT2D eigenvalue weighted by Crippen LogP contribution is 2.33. The van der Waals surface area contributed by atoms with Gasteiger partial charge in [0.25, 0.3) is 0 Å². The first-order valence-corrected chi connectivity index (χ1v) is 8.11. The summed E-state index contributed by atoms with van der Waals surface area (Å²) in [6.45, 7) is 6.80. The molecule has 5 heteroatoms. The number of rotatable bonds is 2. The van der Waals surface area contributed by atoms with Gasteiger partial charge in [0.15, 0.2) is 9.84 Å². The second-order valence-electron chi connectivity index (χ2n) is 6.14. The standard InChI is InChI=1S/C12H23NO3S/c1-11(2)9-13-12(3,16-11)8-10-6-4-5-7-17(10,14)15/h10,13H,4-9H2,1-3H3. The molecule has 0 aromatic heterocycles. The molecule has 0 bridgehead atoms. The molecule has 2 rings (SSSR count). The first-order valence-electron chi connectivity index (χ1n) is 6.39. The van der Waals surface area contributed by atoms with Crippen molar-refractivity contribution in [1.82, 2.24) is 5.32 Å². The van der Waals surface area contributed by atoms with Gasteiger partial charge in [-0.15, -0.1) is 0 Å². The monoisotopic (exact) mass is 261 g/mol.